The Morgan fingerprint density at radius 1 is 1.31 bits per heavy atom. The lowest BCUT2D eigenvalue weighted by Crippen LogP contribution is -2.20. The number of nitrogens with zero attached hydrogens (tertiary/aromatic N) is 2. The van der Waals surface area contributed by atoms with Gasteiger partial charge in [-0.3, -0.25) is 9.69 Å². The van der Waals surface area contributed by atoms with E-state index in [2.05, 4.69) is 27.3 Å². The molecule has 1 fully saturated rings. The fraction of sp³-hybridized carbons (Fsp3) is 0.333. The molecule has 3 aromatic rings. The highest BCUT2D eigenvalue weighted by Gasteiger charge is 2.21. The summed E-state index contributed by atoms with van der Waals surface area (Å²) in [5.74, 6) is 0.128. The number of carbonyl (C=O) groups excluding carboxylic acids is 1. The minimum absolute atomic E-state index is 0.0169. The highest BCUT2D eigenvalue weighted by atomic mass is 32.1. The Hall–Kier alpha value is -2.97. The maximum Gasteiger partial charge on any atom is 0.248 e. The standard InChI is InChI=1S/C24H27FN4O2S/c1-15(2)31-22-8-7-18(23(26)30)11-20(22)27-24-28-21(14-32-24)17-5-3-16(4-6-17)12-29-10-9-19(25)13-29/h3-8,11,14-15,19H,9-10,12-13H2,1-2H3,(H2,26,30)(H,27,28). The maximum absolute atomic E-state index is 13.4. The highest BCUT2D eigenvalue weighted by Crippen LogP contribution is 2.33. The van der Waals surface area contributed by atoms with Gasteiger partial charge in [-0.25, -0.2) is 9.37 Å². The van der Waals surface area contributed by atoms with Gasteiger partial charge in [-0.05, 0) is 44.0 Å². The number of hydrogen-bond acceptors (Lipinski definition) is 6. The molecule has 2 aromatic carbocycles. The molecule has 168 valence electrons. The normalized spacial score (nSPS) is 16.4. The molecule has 0 bridgehead atoms. The van der Waals surface area contributed by atoms with Crippen LogP contribution in [0.5, 0.6) is 5.75 Å². The van der Waals surface area contributed by atoms with Gasteiger partial charge in [0, 0.05) is 36.1 Å². The van der Waals surface area contributed by atoms with Gasteiger partial charge in [0.2, 0.25) is 5.91 Å². The molecule has 1 aromatic heterocycles. The molecule has 1 amide bonds. The van der Waals surface area contributed by atoms with Crippen LogP contribution < -0.4 is 15.8 Å². The maximum atomic E-state index is 13.4. The molecule has 4 rings (SSSR count). The number of likely N-dealkylation sites (tertiary alicyclic amines) is 1. The average Bonchev–Trinajstić information content (AvgIpc) is 3.38. The van der Waals surface area contributed by atoms with Gasteiger partial charge in [-0.15, -0.1) is 11.3 Å². The summed E-state index contributed by atoms with van der Waals surface area (Å²) in [6.07, 6.45) is -0.0964. The van der Waals surface area contributed by atoms with Gasteiger partial charge < -0.3 is 15.8 Å². The number of ether oxygens (including phenoxy) is 1. The van der Waals surface area contributed by atoms with E-state index < -0.39 is 12.1 Å². The first-order valence-corrected chi connectivity index (χ1v) is 11.5. The van der Waals surface area contributed by atoms with Crippen LogP contribution in [0.4, 0.5) is 15.2 Å². The van der Waals surface area contributed by atoms with Crippen LogP contribution in [0.1, 0.15) is 36.2 Å². The molecule has 32 heavy (non-hydrogen) atoms. The van der Waals surface area contributed by atoms with Crippen molar-refractivity contribution in [3.63, 3.8) is 0 Å². The Bertz CT molecular complexity index is 1080. The molecule has 6 nitrogen and oxygen atoms in total. The third-order valence-corrected chi connectivity index (χ3v) is 6.00. The minimum Gasteiger partial charge on any atom is -0.489 e. The van der Waals surface area contributed by atoms with Crippen LogP contribution in [0.25, 0.3) is 11.3 Å². The van der Waals surface area contributed by atoms with Crippen molar-refractivity contribution in [2.45, 2.75) is 39.1 Å². The topological polar surface area (TPSA) is 80.5 Å². The second-order valence-corrected chi connectivity index (χ2v) is 9.08. The Morgan fingerprint density at radius 3 is 2.75 bits per heavy atom. The highest BCUT2D eigenvalue weighted by molar-refractivity contribution is 7.14. The molecule has 1 unspecified atom stereocenters. The predicted octanol–water partition coefficient (Wildman–Crippen LogP) is 4.98. The molecule has 1 aliphatic rings. The van der Waals surface area contributed by atoms with Crippen molar-refractivity contribution in [1.82, 2.24) is 9.88 Å². The molecule has 3 N–H and O–H groups in total. The van der Waals surface area contributed by atoms with Crippen LogP contribution in [-0.4, -0.2) is 41.2 Å². The molecule has 1 atom stereocenters. The number of nitrogens with one attached hydrogen (secondary N) is 1. The average molecular weight is 455 g/mol. The number of thiazole rings is 1. The van der Waals surface area contributed by atoms with Gasteiger partial charge in [0.25, 0.3) is 0 Å². The molecule has 1 aliphatic heterocycles. The number of rotatable bonds is 8. The van der Waals surface area contributed by atoms with Crippen molar-refractivity contribution in [3.05, 3.63) is 59.0 Å². The second-order valence-electron chi connectivity index (χ2n) is 8.22. The first-order valence-electron chi connectivity index (χ1n) is 10.7. The monoisotopic (exact) mass is 454 g/mol. The zero-order valence-electron chi connectivity index (χ0n) is 18.2. The summed E-state index contributed by atoms with van der Waals surface area (Å²) < 4.78 is 19.2. The number of primary amides is 1. The molecule has 8 heteroatoms. The molecule has 1 saturated heterocycles. The van der Waals surface area contributed by atoms with Gasteiger partial charge >= 0.3 is 0 Å². The van der Waals surface area contributed by atoms with E-state index in [9.17, 15) is 9.18 Å². The first kappa shape index (κ1) is 22.2. The molecule has 0 saturated carbocycles. The van der Waals surface area contributed by atoms with E-state index in [4.69, 9.17) is 10.5 Å². The lowest BCUT2D eigenvalue weighted by molar-refractivity contribution is 0.100. The second kappa shape index (κ2) is 9.67. The van der Waals surface area contributed by atoms with E-state index in [1.807, 2.05) is 31.4 Å². The van der Waals surface area contributed by atoms with Crippen molar-refractivity contribution in [1.29, 1.82) is 0 Å². The molecule has 0 aliphatic carbocycles. The summed E-state index contributed by atoms with van der Waals surface area (Å²) in [7, 11) is 0. The number of nitrogens with two attached hydrogens (primary N) is 1. The van der Waals surface area contributed by atoms with Crippen LogP contribution in [0.3, 0.4) is 0 Å². The summed E-state index contributed by atoms with van der Waals surface area (Å²) >= 11 is 1.47. The summed E-state index contributed by atoms with van der Waals surface area (Å²) in [4.78, 5) is 18.4. The minimum atomic E-state index is -0.703. The SMILES string of the molecule is CC(C)Oc1ccc(C(N)=O)cc1Nc1nc(-c2ccc(CN3CCC(F)C3)cc2)cs1. The van der Waals surface area contributed by atoms with Crippen molar-refractivity contribution >= 4 is 28.1 Å². The Labute approximate surface area is 191 Å². The number of benzene rings is 2. The quantitative estimate of drug-likeness (QED) is 0.502. The van der Waals surface area contributed by atoms with E-state index >= 15 is 0 Å². The van der Waals surface area contributed by atoms with Gasteiger partial charge in [-0.1, -0.05) is 24.3 Å². The Kier molecular flexibility index (Phi) is 6.72. The van der Waals surface area contributed by atoms with Crippen molar-refractivity contribution in [2.75, 3.05) is 18.4 Å². The third kappa shape index (κ3) is 5.44. The van der Waals surface area contributed by atoms with E-state index in [-0.39, 0.29) is 6.10 Å². The number of hydrogen-bond donors (Lipinski definition) is 2. The fourth-order valence-electron chi connectivity index (χ4n) is 3.68. The van der Waals surface area contributed by atoms with Gasteiger partial charge in [0.05, 0.1) is 17.5 Å². The van der Waals surface area contributed by atoms with Crippen LogP contribution in [0.15, 0.2) is 47.8 Å². The van der Waals surface area contributed by atoms with Crippen LogP contribution >= 0.6 is 11.3 Å². The molecule has 0 radical (unpaired) electrons. The zero-order valence-corrected chi connectivity index (χ0v) is 19.0. The van der Waals surface area contributed by atoms with Gasteiger partial charge in [-0.2, -0.15) is 0 Å². The predicted molar refractivity (Wildman–Crippen MR) is 126 cm³/mol. The zero-order chi connectivity index (χ0) is 22.7. The van der Waals surface area contributed by atoms with Crippen LogP contribution in [0, 0.1) is 0 Å². The Balaban J connectivity index is 1.48. The van der Waals surface area contributed by atoms with E-state index in [1.165, 1.54) is 11.3 Å². The molecule has 0 spiro atoms. The van der Waals surface area contributed by atoms with E-state index in [1.54, 1.807) is 18.2 Å². The number of amides is 1. The Morgan fingerprint density at radius 2 is 2.09 bits per heavy atom. The molecular weight excluding hydrogens is 427 g/mol. The van der Waals surface area contributed by atoms with Gasteiger partial charge in [0.1, 0.15) is 11.9 Å². The van der Waals surface area contributed by atoms with Crippen LogP contribution in [0.2, 0.25) is 0 Å². The third-order valence-electron chi connectivity index (χ3n) is 5.24. The van der Waals surface area contributed by atoms with Gasteiger partial charge in [0.15, 0.2) is 5.13 Å². The largest absolute Gasteiger partial charge is 0.489 e. The smallest absolute Gasteiger partial charge is 0.248 e. The summed E-state index contributed by atoms with van der Waals surface area (Å²) in [6.45, 7) is 5.97. The fourth-order valence-corrected chi connectivity index (χ4v) is 4.42. The van der Waals surface area contributed by atoms with Crippen molar-refractivity contribution < 1.29 is 13.9 Å². The summed E-state index contributed by atoms with van der Waals surface area (Å²) in [5.41, 5.74) is 9.50. The van der Waals surface area contributed by atoms with Crippen molar-refractivity contribution in [3.8, 4) is 17.0 Å². The van der Waals surface area contributed by atoms with E-state index in [0.717, 1.165) is 29.9 Å². The lowest BCUT2D eigenvalue weighted by Gasteiger charge is -2.15. The van der Waals surface area contributed by atoms with Crippen molar-refractivity contribution in [2.24, 2.45) is 5.73 Å². The number of alkyl halides is 1. The molecule has 2 heterocycles. The van der Waals surface area contributed by atoms with Crippen LogP contribution in [-0.2, 0) is 6.54 Å². The first-order chi connectivity index (χ1) is 15.4. The number of halogens is 1. The summed E-state index contributed by atoms with van der Waals surface area (Å²) in [5, 5.41) is 5.92. The number of carbonyl (C=O) groups is 1. The number of aromatic nitrogens is 1. The molecular formula is C24H27FN4O2S. The van der Waals surface area contributed by atoms with E-state index in [0.29, 0.717) is 35.1 Å². The summed E-state index contributed by atoms with van der Waals surface area (Å²) in [6, 6.07) is 13.3. The number of anilines is 2. The lowest BCUT2D eigenvalue weighted by atomic mass is 10.1.